The number of hydrogen-bond acceptors (Lipinski definition) is 4. The Bertz CT molecular complexity index is 419. The van der Waals surface area contributed by atoms with Gasteiger partial charge in [0, 0.05) is 38.9 Å². The van der Waals surface area contributed by atoms with Gasteiger partial charge in [-0.3, -0.25) is 4.79 Å². The van der Waals surface area contributed by atoms with E-state index in [9.17, 15) is 4.79 Å². The van der Waals surface area contributed by atoms with Gasteiger partial charge in [-0.1, -0.05) is 6.42 Å². The highest BCUT2D eigenvalue weighted by molar-refractivity contribution is 5.86. The van der Waals surface area contributed by atoms with Crippen LogP contribution >= 0.6 is 24.8 Å². The summed E-state index contributed by atoms with van der Waals surface area (Å²) in [7, 11) is 0. The summed E-state index contributed by atoms with van der Waals surface area (Å²) in [5.41, 5.74) is 5.72. The molecule has 3 aliphatic rings. The van der Waals surface area contributed by atoms with Crippen molar-refractivity contribution in [2.75, 3.05) is 39.4 Å². The fourth-order valence-electron chi connectivity index (χ4n) is 4.42. The number of nitrogens with zero attached hydrogens (tertiary/aromatic N) is 2. The molecular formula is C18H35Cl2N3O2. The summed E-state index contributed by atoms with van der Waals surface area (Å²) in [6.07, 6.45) is 7.70. The maximum atomic E-state index is 12.9. The Morgan fingerprint density at radius 1 is 1.12 bits per heavy atom. The third-order valence-corrected chi connectivity index (χ3v) is 6.05. The van der Waals surface area contributed by atoms with Gasteiger partial charge in [0.25, 0.3) is 0 Å². The molecule has 0 aromatic carbocycles. The van der Waals surface area contributed by atoms with Crippen LogP contribution in [0.2, 0.25) is 0 Å². The lowest BCUT2D eigenvalue weighted by Gasteiger charge is -2.42. The first kappa shape index (κ1) is 23.0. The number of carbonyl (C=O) groups excluding carboxylic acids is 1. The lowest BCUT2D eigenvalue weighted by atomic mass is 9.87. The minimum Gasteiger partial charge on any atom is -0.381 e. The van der Waals surface area contributed by atoms with E-state index in [1.54, 1.807) is 0 Å². The Morgan fingerprint density at radius 3 is 2.52 bits per heavy atom. The summed E-state index contributed by atoms with van der Waals surface area (Å²) in [4.78, 5) is 17.6. The van der Waals surface area contributed by atoms with Crippen molar-refractivity contribution >= 4 is 30.7 Å². The molecule has 3 aliphatic heterocycles. The van der Waals surface area contributed by atoms with Crippen LogP contribution in [-0.4, -0.2) is 66.7 Å². The molecule has 3 heterocycles. The first-order valence-corrected chi connectivity index (χ1v) is 9.48. The van der Waals surface area contributed by atoms with E-state index in [-0.39, 0.29) is 30.7 Å². The number of amides is 1. The molecule has 0 bridgehead atoms. The number of nitrogens with two attached hydrogens (primary N) is 1. The second-order valence-corrected chi connectivity index (χ2v) is 7.87. The Kier molecular flexibility index (Phi) is 9.47. The average molecular weight is 396 g/mol. The molecule has 3 fully saturated rings. The second-order valence-electron chi connectivity index (χ2n) is 7.87. The lowest BCUT2D eigenvalue weighted by Crippen LogP contribution is -2.60. The van der Waals surface area contributed by atoms with Crippen molar-refractivity contribution in [3.63, 3.8) is 0 Å². The van der Waals surface area contributed by atoms with Crippen LogP contribution in [0.1, 0.15) is 51.9 Å². The zero-order chi connectivity index (χ0) is 16.3. The summed E-state index contributed by atoms with van der Waals surface area (Å²) >= 11 is 0. The van der Waals surface area contributed by atoms with E-state index in [1.807, 2.05) is 4.90 Å². The molecule has 0 saturated carbocycles. The van der Waals surface area contributed by atoms with Crippen LogP contribution in [0.5, 0.6) is 0 Å². The largest absolute Gasteiger partial charge is 0.381 e. The van der Waals surface area contributed by atoms with Crippen LogP contribution in [0.25, 0.3) is 0 Å². The minimum absolute atomic E-state index is 0. The SMILES string of the molecule is CC1CCCCN1CC1CCCN(C(=O)C2(N)CCOCC2)C1.Cl.Cl. The smallest absolute Gasteiger partial charge is 0.242 e. The van der Waals surface area contributed by atoms with E-state index in [0.717, 1.165) is 26.1 Å². The fourth-order valence-corrected chi connectivity index (χ4v) is 4.42. The quantitative estimate of drug-likeness (QED) is 0.796. The first-order chi connectivity index (χ1) is 11.1. The number of hydrogen-bond donors (Lipinski definition) is 1. The van der Waals surface area contributed by atoms with Crippen molar-refractivity contribution in [3.8, 4) is 0 Å². The van der Waals surface area contributed by atoms with Crippen molar-refractivity contribution in [1.82, 2.24) is 9.80 Å². The number of ether oxygens (including phenoxy) is 1. The summed E-state index contributed by atoms with van der Waals surface area (Å²) in [5, 5.41) is 0. The van der Waals surface area contributed by atoms with Crippen molar-refractivity contribution < 1.29 is 9.53 Å². The topological polar surface area (TPSA) is 58.8 Å². The van der Waals surface area contributed by atoms with Gasteiger partial charge >= 0.3 is 0 Å². The van der Waals surface area contributed by atoms with Gasteiger partial charge in [0.05, 0.1) is 5.54 Å². The normalized spacial score (nSPS) is 30.1. The highest BCUT2D eigenvalue weighted by atomic mass is 35.5. The molecule has 0 aliphatic carbocycles. The van der Waals surface area contributed by atoms with Crippen molar-refractivity contribution in [2.45, 2.75) is 63.5 Å². The van der Waals surface area contributed by atoms with E-state index in [2.05, 4.69) is 11.8 Å². The molecule has 2 atom stereocenters. The van der Waals surface area contributed by atoms with Crippen molar-refractivity contribution in [3.05, 3.63) is 0 Å². The van der Waals surface area contributed by atoms with Gasteiger partial charge in [0.1, 0.15) is 0 Å². The molecule has 0 spiro atoms. The maximum absolute atomic E-state index is 12.9. The van der Waals surface area contributed by atoms with E-state index >= 15 is 0 Å². The third kappa shape index (κ3) is 5.70. The van der Waals surface area contributed by atoms with E-state index in [0.29, 0.717) is 38.0 Å². The van der Waals surface area contributed by atoms with Crippen LogP contribution < -0.4 is 5.73 Å². The number of likely N-dealkylation sites (tertiary alicyclic amines) is 2. The molecule has 7 heteroatoms. The highest BCUT2D eigenvalue weighted by Gasteiger charge is 2.40. The summed E-state index contributed by atoms with van der Waals surface area (Å²) in [5.74, 6) is 0.772. The second kappa shape index (κ2) is 10.3. The molecule has 2 N–H and O–H groups in total. The Labute approximate surface area is 164 Å². The van der Waals surface area contributed by atoms with Crippen molar-refractivity contribution in [2.24, 2.45) is 11.7 Å². The van der Waals surface area contributed by atoms with Gasteiger partial charge < -0.3 is 20.3 Å². The predicted molar refractivity (Wildman–Crippen MR) is 106 cm³/mol. The molecule has 2 unspecified atom stereocenters. The zero-order valence-corrected chi connectivity index (χ0v) is 17.1. The number of halogens is 2. The molecule has 148 valence electrons. The van der Waals surface area contributed by atoms with E-state index < -0.39 is 5.54 Å². The van der Waals surface area contributed by atoms with Gasteiger partial charge in [-0.15, -0.1) is 24.8 Å². The Morgan fingerprint density at radius 2 is 1.84 bits per heavy atom. The average Bonchev–Trinajstić information content (AvgIpc) is 2.57. The maximum Gasteiger partial charge on any atom is 0.242 e. The van der Waals surface area contributed by atoms with Crippen molar-refractivity contribution in [1.29, 1.82) is 0 Å². The Balaban J connectivity index is 0.00000156. The molecule has 0 aromatic rings. The monoisotopic (exact) mass is 395 g/mol. The summed E-state index contributed by atoms with van der Waals surface area (Å²) in [6.45, 7) is 7.72. The molecule has 1 amide bonds. The van der Waals surface area contributed by atoms with E-state index in [1.165, 1.54) is 32.2 Å². The standard InChI is InChI=1S/C18H33N3O2.2ClH/c1-15-5-2-3-9-20(15)13-16-6-4-10-21(14-16)17(22)18(19)7-11-23-12-8-18;;/h15-16H,2-14,19H2,1H3;2*1H. The van der Waals surface area contributed by atoms with Gasteiger partial charge in [0.15, 0.2) is 0 Å². The van der Waals surface area contributed by atoms with E-state index in [4.69, 9.17) is 10.5 Å². The van der Waals surface area contributed by atoms with Gasteiger partial charge in [0.2, 0.25) is 5.91 Å². The molecule has 5 nitrogen and oxygen atoms in total. The predicted octanol–water partition coefficient (Wildman–Crippen LogP) is 2.45. The number of piperidine rings is 2. The molecule has 0 radical (unpaired) electrons. The number of carbonyl (C=O) groups is 1. The zero-order valence-electron chi connectivity index (χ0n) is 15.5. The van der Waals surface area contributed by atoms with Crippen LogP contribution in [0.4, 0.5) is 0 Å². The number of rotatable bonds is 3. The fraction of sp³-hybridized carbons (Fsp3) is 0.944. The summed E-state index contributed by atoms with van der Waals surface area (Å²) in [6, 6.07) is 0.700. The van der Waals surface area contributed by atoms with Crippen LogP contribution in [0.15, 0.2) is 0 Å². The van der Waals surface area contributed by atoms with Crippen LogP contribution in [-0.2, 0) is 9.53 Å². The minimum atomic E-state index is -0.682. The van der Waals surface area contributed by atoms with Crippen LogP contribution in [0, 0.1) is 5.92 Å². The summed E-state index contributed by atoms with van der Waals surface area (Å²) < 4.78 is 5.38. The molecule has 25 heavy (non-hydrogen) atoms. The van der Waals surface area contributed by atoms with Gasteiger partial charge in [-0.05, 0) is 57.9 Å². The first-order valence-electron chi connectivity index (χ1n) is 9.48. The van der Waals surface area contributed by atoms with Crippen LogP contribution in [0.3, 0.4) is 0 Å². The Hall–Kier alpha value is -0.0700. The molecular weight excluding hydrogens is 361 g/mol. The molecule has 3 rings (SSSR count). The third-order valence-electron chi connectivity index (χ3n) is 6.05. The lowest BCUT2D eigenvalue weighted by molar-refractivity contribution is -0.142. The molecule has 0 aromatic heterocycles. The van der Waals surface area contributed by atoms with Gasteiger partial charge in [-0.2, -0.15) is 0 Å². The van der Waals surface area contributed by atoms with Gasteiger partial charge in [-0.25, -0.2) is 0 Å². The highest BCUT2D eigenvalue weighted by Crippen LogP contribution is 2.26. The molecule has 3 saturated heterocycles.